The molecule has 2 atom stereocenters. The molecule has 4 N–H and O–H groups in total. The highest BCUT2D eigenvalue weighted by atomic mass is 16.6. The van der Waals surface area contributed by atoms with E-state index in [0.717, 1.165) is 0 Å². The van der Waals surface area contributed by atoms with E-state index in [4.69, 9.17) is 9.84 Å². The lowest BCUT2D eigenvalue weighted by Crippen LogP contribution is -2.53. The lowest BCUT2D eigenvalue weighted by molar-refractivity contribution is -0.142. The molecule has 0 aliphatic heterocycles. The van der Waals surface area contributed by atoms with Crippen LogP contribution in [-0.2, 0) is 25.5 Å². The van der Waals surface area contributed by atoms with Gasteiger partial charge in [-0.2, -0.15) is 0 Å². The highest BCUT2D eigenvalue weighted by Crippen LogP contribution is 2.08. The fourth-order valence-electron chi connectivity index (χ4n) is 2.16. The Morgan fingerprint density at radius 3 is 2.07 bits per heavy atom. The van der Waals surface area contributed by atoms with Crippen LogP contribution < -0.4 is 10.6 Å². The standard InChI is InChI=1S/C18H24N2O7/c1-18(2,3)27-17(26)20-12(10-14(21)22)15(23)19-13(16(24)25)9-11-7-5-4-6-8-11/h4-8,12-13H,9-10H2,1-3H3,(H,19,23)(H,20,26)(H,21,22)(H,24,25)/t12-,13-/m0/s1. The molecule has 9 heteroatoms. The average Bonchev–Trinajstić information content (AvgIpc) is 2.52. The molecule has 0 saturated heterocycles. The number of rotatable bonds is 8. The van der Waals surface area contributed by atoms with E-state index in [1.807, 2.05) is 0 Å². The molecule has 1 aromatic rings. The van der Waals surface area contributed by atoms with Gasteiger partial charge in [0, 0.05) is 6.42 Å². The summed E-state index contributed by atoms with van der Waals surface area (Å²) in [6.45, 7) is 4.83. The fourth-order valence-corrected chi connectivity index (χ4v) is 2.16. The second kappa shape index (κ2) is 9.56. The van der Waals surface area contributed by atoms with Gasteiger partial charge < -0.3 is 25.6 Å². The Hall–Kier alpha value is -3.10. The second-order valence-corrected chi connectivity index (χ2v) is 6.89. The van der Waals surface area contributed by atoms with Gasteiger partial charge in [-0.3, -0.25) is 9.59 Å². The number of hydrogen-bond acceptors (Lipinski definition) is 5. The van der Waals surface area contributed by atoms with Crippen molar-refractivity contribution in [1.29, 1.82) is 0 Å². The molecule has 148 valence electrons. The molecule has 27 heavy (non-hydrogen) atoms. The van der Waals surface area contributed by atoms with Crippen LogP contribution in [-0.4, -0.2) is 51.8 Å². The van der Waals surface area contributed by atoms with E-state index in [9.17, 15) is 24.3 Å². The van der Waals surface area contributed by atoms with Crippen molar-refractivity contribution in [3.05, 3.63) is 35.9 Å². The van der Waals surface area contributed by atoms with Crippen LogP contribution in [0.15, 0.2) is 30.3 Å². The highest BCUT2D eigenvalue weighted by molar-refractivity contribution is 5.91. The van der Waals surface area contributed by atoms with Gasteiger partial charge >= 0.3 is 18.0 Å². The van der Waals surface area contributed by atoms with Crippen molar-refractivity contribution in [1.82, 2.24) is 10.6 Å². The Morgan fingerprint density at radius 2 is 1.59 bits per heavy atom. The molecule has 0 heterocycles. The van der Waals surface area contributed by atoms with Crippen LogP contribution in [0.4, 0.5) is 4.79 Å². The molecule has 0 saturated carbocycles. The first-order valence-corrected chi connectivity index (χ1v) is 8.26. The Kier molecular flexibility index (Phi) is 7.77. The van der Waals surface area contributed by atoms with E-state index in [0.29, 0.717) is 5.56 Å². The Bertz CT molecular complexity index is 683. The smallest absolute Gasteiger partial charge is 0.408 e. The number of carbonyl (C=O) groups is 4. The van der Waals surface area contributed by atoms with Crippen molar-refractivity contribution >= 4 is 23.9 Å². The molecule has 0 aliphatic rings. The lowest BCUT2D eigenvalue weighted by atomic mass is 10.1. The number of alkyl carbamates (subject to hydrolysis) is 1. The molecular formula is C18H24N2O7. The number of aliphatic carboxylic acids is 2. The minimum atomic E-state index is -1.48. The monoisotopic (exact) mass is 380 g/mol. The number of benzene rings is 1. The Balaban J connectivity index is 2.84. The van der Waals surface area contributed by atoms with Gasteiger partial charge in [0.05, 0.1) is 6.42 Å². The van der Waals surface area contributed by atoms with Gasteiger partial charge in [-0.1, -0.05) is 30.3 Å². The maximum absolute atomic E-state index is 12.4. The van der Waals surface area contributed by atoms with Crippen LogP contribution in [0.3, 0.4) is 0 Å². The zero-order valence-electron chi connectivity index (χ0n) is 15.4. The summed E-state index contributed by atoms with van der Waals surface area (Å²) in [5.74, 6) is -3.54. The van der Waals surface area contributed by atoms with Crippen LogP contribution in [0.5, 0.6) is 0 Å². The maximum Gasteiger partial charge on any atom is 0.408 e. The minimum Gasteiger partial charge on any atom is -0.481 e. The third kappa shape index (κ3) is 8.70. The number of amides is 2. The zero-order chi connectivity index (χ0) is 20.6. The van der Waals surface area contributed by atoms with Crippen LogP contribution in [0.25, 0.3) is 0 Å². The number of ether oxygens (including phenoxy) is 1. The van der Waals surface area contributed by atoms with Crippen molar-refractivity contribution in [3.8, 4) is 0 Å². The minimum absolute atomic E-state index is 0.00808. The van der Waals surface area contributed by atoms with Crippen LogP contribution in [0.2, 0.25) is 0 Å². The quantitative estimate of drug-likeness (QED) is 0.530. The Morgan fingerprint density at radius 1 is 1.00 bits per heavy atom. The summed E-state index contributed by atoms with van der Waals surface area (Å²) in [7, 11) is 0. The molecule has 0 unspecified atom stereocenters. The molecule has 0 aliphatic carbocycles. The number of carboxylic acid groups (broad SMARTS) is 2. The first kappa shape index (κ1) is 21.9. The first-order valence-electron chi connectivity index (χ1n) is 8.26. The molecule has 0 bridgehead atoms. The zero-order valence-corrected chi connectivity index (χ0v) is 15.4. The van der Waals surface area contributed by atoms with Crippen LogP contribution in [0.1, 0.15) is 32.8 Å². The molecule has 0 radical (unpaired) electrons. The molecule has 0 spiro atoms. The third-order valence-corrected chi connectivity index (χ3v) is 3.28. The van der Waals surface area contributed by atoms with Gasteiger partial charge in [-0.15, -0.1) is 0 Å². The predicted octanol–water partition coefficient (Wildman–Crippen LogP) is 1.17. The molecule has 1 rings (SSSR count). The summed E-state index contributed by atoms with van der Waals surface area (Å²) in [5.41, 5.74) is -0.161. The van der Waals surface area contributed by atoms with E-state index >= 15 is 0 Å². The molecule has 9 nitrogen and oxygen atoms in total. The number of hydrogen-bond donors (Lipinski definition) is 4. The van der Waals surface area contributed by atoms with E-state index in [2.05, 4.69) is 10.6 Å². The molecule has 1 aromatic carbocycles. The van der Waals surface area contributed by atoms with Crippen molar-refractivity contribution in [2.24, 2.45) is 0 Å². The summed E-state index contributed by atoms with van der Waals surface area (Å²) in [5, 5.41) is 22.7. The number of nitrogens with one attached hydrogen (secondary N) is 2. The van der Waals surface area contributed by atoms with Crippen LogP contribution >= 0.6 is 0 Å². The SMILES string of the molecule is CC(C)(C)OC(=O)N[C@@H](CC(=O)O)C(=O)N[C@@H](Cc1ccccc1)C(=O)O. The van der Waals surface area contributed by atoms with Crippen molar-refractivity contribution in [2.45, 2.75) is 51.3 Å². The van der Waals surface area contributed by atoms with Gasteiger partial charge in [0.1, 0.15) is 17.7 Å². The topological polar surface area (TPSA) is 142 Å². The van der Waals surface area contributed by atoms with Gasteiger partial charge in [0.15, 0.2) is 0 Å². The summed E-state index contributed by atoms with van der Waals surface area (Å²) in [6, 6.07) is 5.88. The Labute approximate surface area is 156 Å². The average molecular weight is 380 g/mol. The third-order valence-electron chi connectivity index (χ3n) is 3.28. The molecule has 0 fully saturated rings. The number of carbonyl (C=O) groups excluding carboxylic acids is 2. The van der Waals surface area contributed by atoms with Gasteiger partial charge in [-0.05, 0) is 26.3 Å². The van der Waals surface area contributed by atoms with E-state index in [1.165, 1.54) is 0 Å². The normalized spacial score (nSPS) is 13.1. The largest absolute Gasteiger partial charge is 0.481 e. The van der Waals surface area contributed by atoms with Gasteiger partial charge in [-0.25, -0.2) is 9.59 Å². The van der Waals surface area contributed by atoms with E-state index in [-0.39, 0.29) is 6.42 Å². The first-order chi connectivity index (χ1) is 12.5. The van der Waals surface area contributed by atoms with Crippen molar-refractivity contribution in [2.75, 3.05) is 0 Å². The second-order valence-electron chi connectivity index (χ2n) is 6.89. The van der Waals surface area contributed by atoms with E-state index in [1.54, 1.807) is 51.1 Å². The fraction of sp³-hybridized carbons (Fsp3) is 0.444. The molecule has 0 aromatic heterocycles. The summed E-state index contributed by atoms with van der Waals surface area (Å²) < 4.78 is 5.01. The van der Waals surface area contributed by atoms with Crippen LogP contribution in [0, 0.1) is 0 Å². The summed E-state index contributed by atoms with van der Waals surface area (Å²) in [6.07, 6.45) is -1.68. The summed E-state index contributed by atoms with van der Waals surface area (Å²) >= 11 is 0. The van der Waals surface area contributed by atoms with Gasteiger partial charge in [0.25, 0.3) is 0 Å². The summed E-state index contributed by atoms with van der Waals surface area (Å²) in [4.78, 5) is 46.7. The van der Waals surface area contributed by atoms with Crippen molar-refractivity contribution < 1.29 is 34.1 Å². The highest BCUT2D eigenvalue weighted by Gasteiger charge is 2.30. The molecular weight excluding hydrogens is 356 g/mol. The molecule has 2 amide bonds. The number of carboxylic acids is 2. The van der Waals surface area contributed by atoms with Gasteiger partial charge in [0.2, 0.25) is 5.91 Å². The lowest BCUT2D eigenvalue weighted by Gasteiger charge is -2.23. The maximum atomic E-state index is 12.4. The van der Waals surface area contributed by atoms with E-state index < -0.39 is 48.0 Å². The predicted molar refractivity (Wildman–Crippen MR) is 95.1 cm³/mol. The van der Waals surface area contributed by atoms with Crippen molar-refractivity contribution in [3.63, 3.8) is 0 Å².